The van der Waals surface area contributed by atoms with Gasteiger partial charge in [0, 0.05) is 11.9 Å². The number of anilines is 1. The second-order valence-corrected chi connectivity index (χ2v) is 2.97. The molecule has 2 rings (SSSR count). The van der Waals surface area contributed by atoms with Crippen LogP contribution < -0.4 is 5.32 Å². The molecule has 0 radical (unpaired) electrons. The first kappa shape index (κ1) is 8.56. The molecular formula is C11H9NO2. The van der Waals surface area contributed by atoms with Crippen molar-refractivity contribution in [1.82, 2.24) is 0 Å². The third-order valence-electron chi connectivity index (χ3n) is 2.02. The minimum Gasteiger partial charge on any atom is -0.478 e. The van der Waals surface area contributed by atoms with E-state index < -0.39 is 5.97 Å². The van der Waals surface area contributed by atoms with Crippen LogP contribution in [0.15, 0.2) is 42.1 Å². The summed E-state index contributed by atoms with van der Waals surface area (Å²) in [6.07, 6.45) is 4.82. The summed E-state index contributed by atoms with van der Waals surface area (Å²) in [7, 11) is 0. The zero-order valence-electron chi connectivity index (χ0n) is 7.40. The lowest BCUT2D eigenvalue weighted by Gasteiger charge is -2.02. The average Bonchev–Trinajstić information content (AvgIpc) is 2.39. The molecule has 0 amide bonds. The maximum Gasteiger partial charge on any atom is 0.335 e. The molecule has 1 aliphatic rings. The number of aliphatic carboxylic acids is 1. The van der Waals surface area contributed by atoms with E-state index in [0.717, 1.165) is 11.3 Å². The fourth-order valence-electron chi connectivity index (χ4n) is 1.32. The number of hydrogen-bond acceptors (Lipinski definition) is 2. The number of hydrogen-bond donors (Lipinski definition) is 2. The topological polar surface area (TPSA) is 49.3 Å². The van der Waals surface area contributed by atoms with E-state index in [4.69, 9.17) is 5.11 Å². The van der Waals surface area contributed by atoms with Crippen molar-refractivity contribution < 1.29 is 9.90 Å². The van der Waals surface area contributed by atoms with E-state index in [1.807, 2.05) is 24.3 Å². The molecule has 0 unspecified atom stereocenters. The van der Waals surface area contributed by atoms with E-state index in [2.05, 4.69) is 5.32 Å². The Hall–Kier alpha value is -2.03. The molecule has 2 N–H and O–H groups in total. The van der Waals surface area contributed by atoms with Crippen LogP contribution in [0.25, 0.3) is 6.08 Å². The summed E-state index contributed by atoms with van der Waals surface area (Å²) in [5, 5.41) is 11.9. The van der Waals surface area contributed by atoms with E-state index in [0.29, 0.717) is 0 Å². The lowest BCUT2D eigenvalue weighted by molar-refractivity contribution is -0.132. The van der Waals surface area contributed by atoms with Crippen molar-refractivity contribution in [3.8, 4) is 0 Å². The Morgan fingerprint density at radius 1 is 1.29 bits per heavy atom. The van der Waals surface area contributed by atoms with Gasteiger partial charge in [-0.2, -0.15) is 0 Å². The molecule has 70 valence electrons. The first-order valence-electron chi connectivity index (χ1n) is 4.24. The molecule has 0 saturated heterocycles. The first-order valence-corrected chi connectivity index (χ1v) is 4.24. The minimum absolute atomic E-state index is 0.280. The highest BCUT2D eigenvalue weighted by atomic mass is 16.4. The molecule has 0 aliphatic carbocycles. The smallest absolute Gasteiger partial charge is 0.335 e. The third-order valence-corrected chi connectivity index (χ3v) is 2.02. The lowest BCUT2D eigenvalue weighted by Crippen LogP contribution is -1.96. The van der Waals surface area contributed by atoms with Gasteiger partial charge in [0.25, 0.3) is 0 Å². The van der Waals surface area contributed by atoms with E-state index in [-0.39, 0.29) is 5.57 Å². The van der Waals surface area contributed by atoms with Crippen molar-refractivity contribution in [1.29, 1.82) is 0 Å². The molecule has 0 bridgehead atoms. The predicted octanol–water partition coefficient (Wildman–Crippen LogP) is 2.09. The highest BCUT2D eigenvalue weighted by Crippen LogP contribution is 2.21. The van der Waals surface area contributed by atoms with Crippen molar-refractivity contribution in [3.05, 3.63) is 47.7 Å². The molecule has 0 fully saturated rings. The van der Waals surface area contributed by atoms with Crippen LogP contribution in [0.3, 0.4) is 0 Å². The third kappa shape index (κ3) is 1.52. The highest BCUT2D eigenvalue weighted by molar-refractivity contribution is 5.97. The normalized spacial score (nSPS) is 13.6. The van der Waals surface area contributed by atoms with Gasteiger partial charge >= 0.3 is 5.97 Å². The summed E-state index contributed by atoms with van der Waals surface area (Å²) >= 11 is 0. The number of carboxylic acid groups (broad SMARTS) is 1. The fourth-order valence-corrected chi connectivity index (χ4v) is 1.32. The molecule has 0 spiro atoms. The van der Waals surface area contributed by atoms with Crippen molar-refractivity contribution in [2.24, 2.45) is 0 Å². The van der Waals surface area contributed by atoms with Crippen molar-refractivity contribution in [2.45, 2.75) is 0 Å². The second-order valence-electron chi connectivity index (χ2n) is 2.97. The van der Waals surface area contributed by atoms with Gasteiger partial charge in [0.05, 0.1) is 5.57 Å². The Labute approximate surface area is 81.4 Å². The lowest BCUT2D eigenvalue weighted by atomic mass is 10.1. The van der Waals surface area contributed by atoms with Crippen LogP contribution in [0, 0.1) is 0 Å². The summed E-state index contributed by atoms with van der Waals surface area (Å²) in [6, 6.07) is 7.56. The van der Waals surface area contributed by atoms with Crippen LogP contribution in [-0.2, 0) is 4.79 Å². The molecule has 0 saturated carbocycles. The fraction of sp³-hybridized carbons (Fsp3) is 0. The number of carboxylic acids is 1. The number of rotatable bonds is 1. The van der Waals surface area contributed by atoms with Crippen LogP contribution in [0.2, 0.25) is 0 Å². The molecular weight excluding hydrogens is 178 g/mol. The molecule has 0 aromatic heterocycles. The Balaban J connectivity index is 2.51. The summed E-state index contributed by atoms with van der Waals surface area (Å²) in [4.78, 5) is 10.8. The number of fused-ring (bicyclic) bond motifs is 1. The monoisotopic (exact) mass is 187 g/mol. The van der Waals surface area contributed by atoms with Gasteiger partial charge in [-0.05, 0) is 23.8 Å². The second kappa shape index (κ2) is 3.38. The molecule has 14 heavy (non-hydrogen) atoms. The van der Waals surface area contributed by atoms with E-state index in [1.165, 1.54) is 0 Å². The predicted molar refractivity (Wildman–Crippen MR) is 54.8 cm³/mol. The number of nitrogens with one attached hydrogen (secondary N) is 1. The maximum absolute atomic E-state index is 10.8. The van der Waals surface area contributed by atoms with Gasteiger partial charge in [-0.3, -0.25) is 0 Å². The van der Waals surface area contributed by atoms with Gasteiger partial charge in [-0.25, -0.2) is 4.79 Å². The van der Waals surface area contributed by atoms with Gasteiger partial charge in [0.1, 0.15) is 0 Å². The molecule has 1 aromatic carbocycles. The van der Waals surface area contributed by atoms with Gasteiger partial charge in [-0.1, -0.05) is 18.2 Å². The standard InChI is InChI=1S/C11H9NO2/c13-11(14)9-5-6-12-10-4-2-1-3-8(10)7-9/h1-7,12H,(H,13,14). The molecule has 1 aliphatic heterocycles. The van der Waals surface area contributed by atoms with Crippen LogP contribution in [-0.4, -0.2) is 11.1 Å². The number of benzene rings is 1. The minimum atomic E-state index is -0.917. The number of para-hydroxylation sites is 1. The molecule has 0 atom stereocenters. The average molecular weight is 187 g/mol. The van der Waals surface area contributed by atoms with Gasteiger partial charge in [0.15, 0.2) is 0 Å². The zero-order chi connectivity index (χ0) is 9.97. The largest absolute Gasteiger partial charge is 0.478 e. The van der Waals surface area contributed by atoms with Crippen LogP contribution in [0.4, 0.5) is 5.69 Å². The Morgan fingerprint density at radius 3 is 2.86 bits per heavy atom. The van der Waals surface area contributed by atoms with Crippen LogP contribution in [0.5, 0.6) is 0 Å². The summed E-state index contributed by atoms with van der Waals surface area (Å²) in [5.41, 5.74) is 2.08. The van der Waals surface area contributed by atoms with Gasteiger partial charge in [-0.15, -0.1) is 0 Å². The van der Waals surface area contributed by atoms with Crippen LogP contribution >= 0.6 is 0 Å². The maximum atomic E-state index is 10.8. The summed E-state index contributed by atoms with van der Waals surface area (Å²) < 4.78 is 0. The highest BCUT2D eigenvalue weighted by Gasteiger charge is 2.07. The van der Waals surface area contributed by atoms with Crippen molar-refractivity contribution in [3.63, 3.8) is 0 Å². The Bertz CT molecular complexity index is 433. The molecule has 3 heteroatoms. The molecule has 1 aromatic rings. The SMILES string of the molecule is O=C(O)C1=Cc2ccccc2NC=C1. The van der Waals surface area contributed by atoms with E-state index in [1.54, 1.807) is 18.4 Å². The quantitative estimate of drug-likeness (QED) is 0.707. The van der Waals surface area contributed by atoms with E-state index in [9.17, 15) is 4.79 Å². The van der Waals surface area contributed by atoms with Gasteiger partial charge in [0.2, 0.25) is 0 Å². The van der Waals surface area contributed by atoms with Crippen molar-refractivity contribution in [2.75, 3.05) is 5.32 Å². The Morgan fingerprint density at radius 2 is 2.07 bits per heavy atom. The van der Waals surface area contributed by atoms with E-state index >= 15 is 0 Å². The zero-order valence-corrected chi connectivity index (χ0v) is 7.40. The number of carbonyl (C=O) groups is 1. The summed E-state index contributed by atoms with van der Waals surface area (Å²) in [6.45, 7) is 0. The molecule has 1 heterocycles. The summed E-state index contributed by atoms with van der Waals surface area (Å²) in [5.74, 6) is -0.917. The molecule has 3 nitrogen and oxygen atoms in total. The van der Waals surface area contributed by atoms with Gasteiger partial charge < -0.3 is 10.4 Å². The Kier molecular flexibility index (Phi) is 2.07. The van der Waals surface area contributed by atoms with Crippen LogP contribution in [0.1, 0.15) is 5.56 Å². The first-order chi connectivity index (χ1) is 6.77. The van der Waals surface area contributed by atoms with Crippen molar-refractivity contribution >= 4 is 17.7 Å².